The third-order valence-electron chi connectivity index (χ3n) is 4.14. The first kappa shape index (κ1) is 17.9. The van der Waals surface area contributed by atoms with Crippen LogP contribution in [0.4, 0.5) is 0 Å². The van der Waals surface area contributed by atoms with Gasteiger partial charge >= 0.3 is 0 Å². The molecule has 1 unspecified atom stereocenters. The van der Waals surface area contributed by atoms with E-state index in [0.29, 0.717) is 25.2 Å². The number of nitrogens with two attached hydrogens (primary N) is 1. The number of carbonyl (C=O) groups excluding carboxylic acids is 1. The average Bonchev–Trinajstić information content (AvgIpc) is 2.89. The Hall–Kier alpha value is -1.44. The van der Waals surface area contributed by atoms with Crippen molar-refractivity contribution in [2.45, 2.75) is 38.1 Å². The first-order valence-corrected chi connectivity index (χ1v) is 9.27. The summed E-state index contributed by atoms with van der Waals surface area (Å²) in [4.78, 5) is 14.5. The molecular formula is C16H25N3O3S. The predicted molar refractivity (Wildman–Crippen MR) is 89.6 cm³/mol. The number of nitrogens with one attached hydrogen (secondary N) is 1. The van der Waals surface area contributed by atoms with Crippen LogP contribution in [0.15, 0.2) is 29.2 Å². The summed E-state index contributed by atoms with van der Waals surface area (Å²) >= 11 is 0. The van der Waals surface area contributed by atoms with Gasteiger partial charge in [0.15, 0.2) is 0 Å². The second kappa shape index (κ2) is 6.59. The van der Waals surface area contributed by atoms with Gasteiger partial charge in [0.05, 0.1) is 4.90 Å². The maximum absolute atomic E-state index is 12.5. The lowest BCUT2D eigenvalue weighted by Gasteiger charge is -2.22. The molecule has 2 rings (SSSR count). The van der Waals surface area contributed by atoms with Crippen LogP contribution in [0.5, 0.6) is 0 Å². The quantitative estimate of drug-likeness (QED) is 0.842. The van der Waals surface area contributed by atoms with Crippen molar-refractivity contribution in [3.05, 3.63) is 29.8 Å². The molecule has 1 aliphatic rings. The molecule has 0 aliphatic carbocycles. The summed E-state index contributed by atoms with van der Waals surface area (Å²) in [5.74, 6) is -0.0806. The van der Waals surface area contributed by atoms with Crippen LogP contribution in [-0.2, 0) is 10.0 Å². The topological polar surface area (TPSA) is 92.5 Å². The van der Waals surface area contributed by atoms with E-state index in [1.165, 1.54) is 12.1 Å². The van der Waals surface area contributed by atoms with Crippen LogP contribution in [0, 0.1) is 5.41 Å². The maximum Gasteiger partial charge on any atom is 0.253 e. The van der Waals surface area contributed by atoms with Crippen molar-refractivity contribution < 1.29 is 13.2 Å². The Balaban J connectivity index is 2.13. The monoisotopic (exact) mass is 339 g/mol. The number of benzene rings is 1. The summed E-state index contributed by atoms with van der Waals surface area (Å²) in [5, 5.41) is 0. The van der Waals surface area contributed by atoms with Crippen molar-refractivity contribution >= 4 is 15.9 Å². The van der Waals surface area contributed by atoms with Gasteiger partial charge in [-0.2, -0.15) is 0 Å². The van der Waals surface area contributed by atoms with Gasteiger partial charge in [-0.25, -0.2) is 13.1 Å². The SMILES string of the molecule is CC(C)NS(=O)(=O)c1ccc(C(=O)N2CCC(C)(CN)C2)cc1. The van der Waals surface area contributed by atoms with Crippen LogP contribution >= 0.6 is 0 Å². The van der Waals surface area contributed by atoms with Crippen LogP contribution in [0.2, 0.25) is 0 Å². The molecule has 0 aromatic heterocycles. The highest BCUT2D eigenvalue weighted by Crippen LogP contribution is 2.29. The number of hydrogen-bond acceptors (Lipinski definition) is 4. The lowest BCUT2D eigenvalue weighted by Crippen LogP contribution is -2.34. The van der Waals surface area contributed by atoms with Crippen LogP contribution in [0.1, 0.15) is 37.6 Å². The lowest BCUT2D eigenvalue weighted by atomic mass is 9.90. The highest BCUT2D eigenvalue weighted by atomic mass is 32.2. The lowest BCUT2D eigenvalue weighted by molar-refractivity contribution is 0.0777. The molecule has 1 atom stereocenters. The zero-order valence-corrected chi connectivity index (χ0v) is 14.7. The third kappa shape index (κ3) is 4.10. The molecule has 0 radical (unpaired) electrons. The fraction of sp³-hybridized carbons (Fsp3) is 0.562. The van der Waals surface area contributed by atoms with Gasteiger partial charge in [-0.05, 0) is 56.5 Å². The Morgan fingerprint density at radius 2 is 1.96 bits per heavy atom. The second-order valence-electron chi connectivity index (χ2n) is 6.79. The first-order valence-electron chi connectivity index (χ1n) is 7.79. The molecule has 1 amide bonds. The van der Waals surface area contributed by atoms with Gasteiger partial charge in [-0.3, -0.25) is 4.79 Å². The first-order chi connectivity index (χ1) is 10.7. The molecule has 1 aromatic carbocycles. The Labute approximate surface area is 138 Å². The van der Waals surface area contributed by atoms with Crippen molar-refractivity contribution in [2.24, 2.45) is 11.1 Å². The second-order valence-corrected chi connectivity index (χ2v) is 8.51. The number of carbonyl (C=O) groups is 1. The van der Waals surface area contributed by atoms with Crippen LogP contribution in [0.3, 0.4) is 0 Å². The molecule has 0 saturated carbocycles. The largest absolute Gasteiger partial charge is 0.338 e. The van der Waals surface area contributed by atoms with E-state index in [9.17, 15) is 13.2 Å². The molecule has 0 bridgehead atoms. The minimum absolute atomic E-state index is 0.0277. The standard InChI is InChI=1S/C16H25N3O3S/c1-12(2)18-23(21,22)14-6-4-13(5-7-14)15(20)19-9-8-16(3,10-17)11-19/h4-7,12,18H,8-11,17H2,1-3H3. The minimum atomic E-state index is -3.53. The number of nitrogens with zero attached hydrogens (tertiary/aromatic N) is 1. The fourth-order valence-electron chi connectivity index (χ4n) is 2.70. The summed E-state index contributed by atoms with van der Waals surface area (Å²) in [6, 6.07) is 5.89. The average molecular weight is 339 g/mol. The molecule has 7 heteroatoms. The Morgan fingerprint density at radius 1 is 1.35 bits per heavy atom. The van der Waals surface area contributed by atoms with E-state index in [4.69, 9.17) is 5.73 Å². The van der Waals surface area contributed by atoms with Gasteiger partial charge < -0.3 is 10.6 Å². The fourth-order valence-corrected chi connectivity index (χ4v) is 3.95. The molecule has 1 heterocycles. The van der Waals surface area contributed by atoms with Crippen molar-refractivity contribution in [3.63, 3.8) is 0 Å². The van der Waals surface area contributed by atoms with Crippen LogP contribution in [0.25, 0.3) is 0 Å². The zero-order valence-electron chi connectivity index (χ0n) is 13.9. The van der Waals surface area contributed by atoms with Crippen molar-refractivity contribution in [1.82, 2.24) is 9.62 Å². The summed E-state index contributed by atoms with van der Waals surface area (Å²) in [7, 11) is -3.53. The highest BCUT2D eigenvalue weighted by Gasteiger charge is 2.35. The molecule has 1 aliphatic heterocycles. The Kier molecular flexibility index (Phi) is 5.13. The molecule has 1 fully saturated rings. The summed E-state index contributed by atoms with van der Waals surface area (Å²) in [6.07, 6.45) is 0.889. The highest BCUT2D eigenvalue weighted by molar-refractivity contribution is 7.89. The summed E-state index contributed by atoms with van der Waals surface area (Å²) < 4.78 is 26.7. The van der Waals surface area contributed by atoms with Crippen molar-refractivity contribution in [3.8, 4) is 0 Å². The van der Waals surface area contributed by atoms with Gasteiger partial charge in [-0.15, -0.1) is 0 Å². The van der Waals surface area contributed by atoms with Gasteiger partial charge in [0, 0.05) is 24.7 Å². The Morgan fingerprint density at radius 3 is 2.43 bits per heavy atom. The molecular weight excluding hydrogens is 314 g/mol. The summed E-state index contributed by atoms with van der Waals surface area (Å²) in [5.41, 5.74) is 6.23. The van der Waals surface area contributed by atoms with Crippen molar-refractivity contribution in [2.75, 3.05) is 19.6 Å². The summed E-state index contributed by atoms with van der Waals surface area (Å²) in [6.45, 7) is 7.47. The van der Waals surface area contributed by atoms with Gasteiger partial charge in [0.25, 0.3) is 5.91 Å². The number of amides is 1. The van der Waals surface area contributed by atoms with Gasteiger partial charge in [0.2, 0.25) is 10.0 Å². The van der Waals surface area contributed by atoms with E-state index in [1.807, 2.05) is 0 Å². The molecule has 128 valence electrons. The molecule has 1 saturated heterocycles. The van der Waals surface area contributed by atoms with Crippen molar-refractivity contribution in [1.29, 1.82) is 0 Å². The molecule has 0 spiro atoms. The van der Waals surface area contributed by atoms with E-state index in [2.05, 4.69) is 11.6 Å². The molecule has 1 aromatic rings. The minimum Gasteiger partial charge on any atom is -0.338 e. The van der Waals surface area contributed by atoms with Crippen LogP contribution in [-0.4, -0.2) is 44.9 Å². The van der Waals surface area contributed by atoms with E-state index < -0.39 is 10.0 Å². The third-order valence-corrected chi connectivity index (χ3v) is 5.81. The van der Waals surface area contributed by atoms with E-state index in [0.717, 1.165) is 6.42 Å². The Bertz CT molecular complexity index is 670. The normalized spacial score (nSPS) is 21.9. The number of likely N-dealkylation sites (tertiary alicyclic amines) is 1. The number of sulfonamides is 1. The zero-order chi connectivity index (χ0) is 17.3. The number of rotatable bonds is 5. The van der Waals surface area contributed by atoms with E-state index in [1.54, 1.807) is 30.9 Å². The van der Waals surface area contributed by atoms with Gasteiger partial charge in [0.1, 0.15) is 0 Å². The number of hydrogen-bond donors (Lipinski definition) is 2. The van der Waals surface area contributed by atoms with Gasteiger partial charge in [-0.1, -0.05) is 6.92 Å². The molecule has 23 heavy (non-hydrogen) atoms. The maximum atomic E-state index is 12.5. The molecule has 3 N–H and O–H groups in total. The van der Waals surface area contributed by atoms with Crippen LogP contribution < -0.4 is 10.5 Å². The van der Waals surface area contributed by atoms with E-state index >= 15 is 0 Å². The molecule has 6 nitrogen and oxygen atoms in total. The smallest absolute Gasteiger partial charge is 0.253 e. The predicted octanol–water partition coefficient (Wildman–Crippen LogP) is 1.18. The van der Waals surface area contributed by atoms with E-state index in [-0.39, 0.29) is 22.3 Å².